The fourth-order valence-corrected chi connectivity index (χ4v) is 2.24. The molecule has 0 aliphatic rings. The first kappa shape index (κ1) is 17.0. The zero-order chi connectivity index (χ0) is 15.1. The first-order valence-corrected chi connectivity index (χ1v) is 7.82. The number of nitrogens with one attached hydrogen (secondary N) is 1. The normalized spacial score (nSPS) is 11.7. The summed E-state index contributed by atoms with van der Waals surface area (Å²) in [6.45, 7) is 16.4. The van der Waals surface area contributed by atoms with Crippen LogP contribution in [0.25, 0.3) is 0 Å². The molecule has 0 radical (unpaired) electrons. The van der Waals surface area contributed by atoms with Gasteiger partial charge in [0.15, 0.2) is 0 Å². The lowest BCUT2D eigenvalue weighted by molar-refractivity contribution is 0.547. The zero-order valence-electron chi connectivity index (χ0n) is 14.0. The van der Waals surface area contributed by atoms with Gasteiger partial charge >= 0.3 is 0 Å². The minimum Gasteiger partial charge on any atom is -0.369 e. The Morgan fingerprint density at radius 1 is 1.10 bits per heavy atom. The molecule has 0 aliphatic heterocycles. The zero-order valence-corrected chi connectivity index (χ0v) is 14.0. The number of rotatable bonds is 8. The van der Waals surface area contributed by atoms with Crippen molar-refractivity contribution in [2.45, 2.75) is 54.1 Å². The van der Waals surface area contributed by atoms with E-state index in [2.05, 4.69) is 68.9 Å². The van der Waals surface area contributed by atoms with Crippen molar-refractivity contribution in [3.8, 4) is 0 Å². The summed E-state index contributed by atoms with van der Waals surface area (Å²) in [5.41, 5.74) is 2.41. The molecule has 3 heteroatoms. The minimum absolute atomic E-state index is 0.510. The highest BCUT2D eigenvalue weighted by molar-refractivity contribution is 5.47. The van der Waals surface area contributed by atoms with Crippen molar-refractivity contribution in [3.05, 3.63) is 24.0 Å². The van der Waals surface area contributed by atoms with Crippen molar-refractivity contribution in [2.24, 2.45) is 11.8 Å². The van der Waals surface area contributed by atoms with E-state index in [0.717, 1.165) is 25.3 Å². The highest BCUT2D eigenvalue weighted by Gasteiger charge is 2.12. The molecule has 20 heavy (non-hydrogen) atoms. The van der Waals surface area contributed by atoms with E-state index < -0.39 is 0 Å². The Hall–Kier alpha value is -1.09. The predicted molar refractivity (Wildman–Crippen MR) is 88.1 cm³/mol. The molecule has 0 amide bonds. The van der Waals surface area contributed by atoms with Gasteiger partial charge in [-0.2, -0.15) is 0 Å². The van der Waals surface area contributed by atoms with Crippen LogP contribution in [0.2, 0.25) is 0 Å². The van der Waals surface area contributed by atoms with Gasteiger partial charge in [0.05, 0.1) is 5.69 Å². The van der Waals surface area contributed by atoms with Gasteiger partial charge in [0.25, 0.3) is 0 Å². The van der Waals surface area contributed by atoms with E-state index in [9.17, 15) is 0 Å². The van der Waals surface area contributed by atoms with Gasteiger partial charge in [-0.05, 0) is 44.4 Å². The summed E-state index contributed by atoms with van der Waals surface area (Å²) in [5, 5.41) is 3.46. The van der Waals surface area contributed by atoms with Crippen LogP contribution in [-0.2, 0) is 6.54 Å². The summed E-state index contributed by atoms with van der Waals surface area (Å²) in [4.78, 5) is 6.92. The third-order valence-electron chi connectivity index (χ3n) is 3.18. The van der Waals surface area contributed by atoms with Gasteiger partial charge in [-0.1, -0.05) is 27.7 Å². The number of nitrogens with zero attached hydrogens (tertiary/aromatic N) is 2. The van der Waals surface area contributed by atoms with Crippen molar-refractivity contribution < 1.29 is 0 Å². The average Bonchev–Trinajstić information content (AvgIpc) is 2.35. The molecule has 1 heterocycles. The van der Waals surface area contributed by atoms with E-state index in [1.165, 1.54) is 5.69 Å². The van der Waals surface area contributed by atoms with Crippen molar-refractivity contribution in [2.75, 3.05) is 18.0 Å². The number of hydrogen-bond acceptors (Lipinski definition) is 3. The number of hydrogen-bond donors (Lipinski definition) is 1. The van der Waals surface area contributed by atoms with E-state index in [0.29, 0.717) is 17.9 Å². The molecule has 3 nitrogen and oxygen atoms in total. The fraction of sp³-hybridized carbons (Fsp3) is 0.706. The molecule has 0 atom stereocenters. The van der Waals surface area contributed by atoms with Crippen LogP contribution < -0.4 is 10.2 Å². The lowest BCUT2D eigenvalue weighted by Crippen LogP contribution is -2.34. The topological polar surface area (TPSA) is 28.2 Å². The maximum atomic E-state index is 4.47. The molecular weight excluding hydrogens is 246 g/mol. The molecular formula is C17H31N3. The van der Waals surface area contributed by atoms with Crippen LogP contribution in [0.15, 0.2) is 18.3 Å². The second kappa shape index (κ2) is 8.25. The third-order valence-corrected chi connectivity index (χ3v) is 3.18. The van der Waals surface area contributed by atoms with Gasteiger partial charge in [-0.25, -0.2) is 0 Å². The summed E-state index contributed by atoms with van der Waals surface area (Å²) >= 11 is 0. The van der Waals surface area contributed by atoms with Crippen molar-refractivity contribution in [1.82, 2.24) is 10.3 Å². The van der Waals surface area contributed by atoms with Gasteiger partial charge in [0, 0.05) is 31.0 Å². The maximum Gasteiger partial charge on any atom is 0.0562 e. The number of aromatic nitrogens is 1. The second-order valence-corrected chi connectivity index (χ2v) is 6.67. The van der Waals surface area contributed by atoms with E-state index in [1.54, 1.807) is 0 Å². The Kier molecular flexibility index (Phi) is 7.00. The summed E-state index contributed by atoms with van der Waals surface area (Å²) < 4.78 is 0. The first-order valence-electron chi connectivity index (χ1n) is 7.82. The Labute approximate surface area is 124 Å². The van der Waals surface area contributed by atoms with Gasteiger partial charge < -0.3 is 10.2 Å². The SMILES string of the molecule is CC(C)CNCc1cc(N(CC(C)C)C(C)C)ccn1. The van der Waals surface area contributed by atoms with Crippen LogP contribution >= 0.6 is 0 Å². The van der Waals surface area contributed by atoms with E-state index >= 15 is 0 Å². The summed E-state index contributed by atoms with van der Waals surface area (Å²) in [6.07, 6.45) is 1.93. The molecule has 1 aromatic rings. The smallest absolute Gasteiger partial charge is 0.0562 e. The molecule has 0 aliphatic carbocycles. The van der Waals surface area contributed by atoms with Gasteiger partial charge in [-0.3, -0.25) is 4.98 Å². The third kappa shape index (κ3) is 5.91. The number of anilines is 1. The van der Waals surface area contributed by atoms with Crippen LogP contribution in [0.5, 0.6) is 0 Å². The lowest BCUT2D eigenvalue weighted by Gasteiger charge is -2.31. The molecule has 0 unspecified atom stereocenters. The first-order chi connectivity index (χ1) is 9.40. The molecule has 1 N–H and O–H groups in total. The minimum atomic E-state index is 0.510. The molecule has 0 saturated heterocycles. The highest BCUT2D eigenvalue weighted by Crippen LogP contribution is 2.19. The monoisotopic (exact) mass is 277 g/mol. The molecule has 0 saturated carbocycles. The van der Waals surface area contributed by atoms with Crippen LogP contribution in [0, 0.1) is 11.8 Å². The maximum absolute atomic E-state index is 4.47. The number of pyridine rings is 1. The Morgan fingerprint density at radius 3 is 2.35 bits per heavy atom. The van der Waals surface area contributed by atoms with E-state index in [4.69, 9.17) is 0 Å². The quantitative estimate of drug-likeness (QED) is 0.785. The van der Waals surface area contributed by atoms with Gasteiger partial charge in [0.1, 0.15) is 0 Å². The van der Waals surface area contributed by atoms with Crippen molar-refractivity contribution in [1.29, 1.82) is 0 Å². The highest BCUT2D eigenvalue weighted by atomic mass is 15.2. The molecule has 0 fully saturated rings. The van der Waals surface area contributed by atoms with Gasteiger partial charge in [-0.15, -0.1) is 0 Å². The Bertz CT molecular complexity index is 386. The predicted octanol–water partition coefficient (Wildman–Crippen LogP) is 3.70. The molecule has 114 valence electrons. The molecule has 1 rings (SSSR count). The van der Waals surface area contributed by atoms with Crippen LogP contribution in [0.1, 0.15) is 47.2 Å². The Balaban J connectivity index is 2.73. The summed E-state index contributed by atoms with van der Waals surface area (Å²) in [7, 11) is 0. The van der Waals surface area contributed by atoms with Crippen LogP contribution in [0.3, 0.4) is 0 Å². The average molecular weight is 277 g/mol. The van der Waals surface area contributed by atoms with Crippen molar-refractivity contribution in [3.63, 3.8) is 0 Å². The summed E-state index contributed by atoms with van der Waals surface area (Å²) in [6, 6.07) is 4.85. The molecule has 0 aromatic carbocycles. The fourth-order valence-electron chi connectivity index (χ4n) is 2.24. The van der Waals surface area contributed by atoms with Gasteiger partial charge in [0.2, 0.25) is 0 Å². The van der Waals surface area contributed by atoms with E-state index in [1.807, 2.05) is 6.20 Å². The molecule has 0 spiro atoms. The standard InChI is InChI=1S/C17H31N3/c1-13(2)10-18-11-16-9-17(7-8-19-16)20(15(5)6)12-14(3)4/h7-9,13-15,18H,10-12H2,1-6H3. The van der Waals surface area contributed by atoms with E-state index in [-0.39, 0.29) is 0 Å². The summed E-state index contributed by atoms with van der Waals surface area (Å²) in [5.74, 6) is 1.33. The second-order valence-electron chi connectivity index (χ2n) is 6.67. The Morgan fingerprint density at radius 2 is 1.80 bits per heavy atom. The van der Waals surface area contributed by atoms with Crippen LogP contribution in [-0.4, -0.2) is 24.1 Å². The van der Waals surface area contributed by atoms with Crippen LogP contribution in [0.4, 0.5) is 5.69 Å². The largest absolute Gasteiger partial charge is 0.369 e. The lowest BCUT2D eigenvalue weighted by atomic mass is 10.1. The molecule has 1 aromatic heterocycles. The van der Waals surface area contributed by atoms with Crippen molar-refractivity contribution >= 4 is 5.69 Å². The molecule has 0 bridgehead atoms.